The van der Waals surface area contributed by atoms with Crippen molar-refractivity contribution in [1.29, 1.82) is 0 Å². The van der Waals surface area contributed by atoms with E-state index in [4.69, 9.17) is 4.52 Å². The molecule has 0 aliphatic carbocycles. The van der Waals surface area contributed by atoms with Gasteiger partial charge in [0.05, 0.1) is 12.0 Å². The van der Waals surface area contributed by atoms with Gasteiger partial charge in [0.2, 0.25) is 5.91 Å². The Balaban J connectivity index is 2.20. The van der Waals surface area contributed by atoms with Crippen molar-refractivity contribution >= 4 is 17.2 Å². The van der Waals surface area contributed by atoms with E-state index in [1.807, 2.05) is 17.7 Å². The molecule has 1 N–H and O–H groups in total. The van der Waals surface area contributed by atoms with Gasteiger partial charge in [0, 0.05) is 12.4 Å². The fraction of sp³-hybridized carbons (Fsp3) is 0.300. The molecule has 16 heavy (non-hydrogen) atoms. The second kappa shape index (κ2) is 4.44. The van der Waals surface area contributed by atoms with Crippen LogP contribution in [-0.2, 0) is 11.2 Å². The molecule has 0 atom stereocenters. The van der Waals surface area contributed by atoms with Crippen molar-refractivity contribution in [1.82, 2.24) is 15.5 Å². The van der Waals surface area contributed by atoms with Crippen molar-refractivity contribution in [2.24, 2.45) is 0 Å². The lowest BCUT2D eigenvalue weighted by Crippen LogP contribution is -2.20. The highest BCUT2D eigenvalue weighted by atomic mass is 32.1. The van der Waals surface area contributed by atoms with Crippen LogP contribution in [0.4, 0.5) is 0 Å². The molecule has 0 aliphatic rings. The van der Waals surface area contributed by atoms with Crippen molar-refractivity contribution in [2.75, 3.05) is 7.05 Å². The van der Waals surface area contributed by atoms with Crippen LogP contribution in [0.1, 0.15) is 11.4 Å². The maximum absolute atomic E-state index is 11.1. The van der Waals surface area contributed by atoms with E-state index < -0.39 is 0 Å². The third-order valence-corrected chi connectivity index (χ3v) is 3.01. The number of carbonyl (C=O) groups excluding carboxylic acids is 1. The molecule has 0 saturated heterocycles. The summed E-state index contributed by atoms with van der Waals surface area (Å²) in [6.45, 7) is 1.98. The Hall–Kier alpha value is -1.69. The third-order valence-electron chi connectivity index (χ3n) is 2.15. The highest BCUT2D eigenvalue weighted by Gasteiger charge is 2.13. The first-order valence-corrected chi connectivity index (χ1v) is 5.71. The van der Waals surface area contributed by atoms with Gasteiger partial charge in [0.15, 0.2) is 5.82 Å². The highest BCUT2D eigenvalue weighted by Crippen LogP contribution is 2.24. The van der Waals surface area contributed by atoms with E-state index in [2.05, 4.69) is 15.5 Å². The number of hydrogen-bond donors (Lipinski definition) is 1. The van der Waals surface area contributed by atoms with Crippen molar-refractivity contribution in [2.45, 2.75) is 13.3 Å². The number of hydrogen-bond acceptors (Lipinski definition) is 5. The minimum atomic E-state index is -0.130. The predicted molar refractivity (Wildman–Crippen MR) is 60.1 cm³/mol. The number of aryl methyl sites for hydroxylation is 1. The van der Waals surface area contributed by atoms with Gasteiger partial charge in [0.1, 0.15) is 0 Å². The zero-order chi connectivity index (χ0) is 11.5. The van der Waals surface area contributed by atoms with Crippen LogP contribution in [-0.4, -0.2) is 23.1 Å². The van der Waals surface area contributed by atoms with E-state index in [0.29, 0.717) is 11.7 Å². The number of rotatable bonds is 3. The monoisotopic (exact) mass is 237 g/mol. The molecule has 2 rings (SSSR count). The summed E-state index contributed by atoms with van der Waals surface area (Å²) in [4.78, 5) is 15.3. The van der Waals surface area contributed by atoms with E-state index in [9.17, 15) is 4.79 Å². The quantitative estimate of drug-likeness (QED) is 0.876. The molecule has 2 heterocycles. The molecule has 2 aromatic rings. The standard InChI is InChI=1S/C10H11N3O2S/c1-6-4-16-5-7(6)10-12-8(13-15-10)3-9(14)11-2/h4-5H,3H2,1-2H3,(H,11,14). The van der Waals surface area contributed by atoms with Crippen molar-refractivity contribution in [3.8, 4) is 11.5 Å². The summed E-state index contributed by atoms with van der Waals surface area (Å²) in [5.41, 5.74) is 2.03. The number of likely N-dealkylation sites (N-methyl/N-ethyl adjacent to an activating group) is 1. The number of thiophene rings is 1. The zero-order valence-corrected chi connectivity index (χ0v) is 9.80. The molecule has 0 aromatic carbocycles. The van der Waals surface area contributed by atoms with Crippen molar-refractivity contribution in [3.05, 3.63) is 22.1 Å². The first-order chi connectivity index (χ1) is 7.70. The molecule has 1 amide bonds. The van der Waals surface area contributed by atoms with E-state index in [-0.39, 0.29) is 12.3 Å². The van der Waals surface area contributed by atoms with Crippen molar-refractivity contribution in [3.63, 3.8) is 0 Å². The van der Waals surface area contributed by atoms with Gasteiger partial charge in [-0.15, -0.1) is 0 Å². The lowest BCUT2D eigenvalue weighted by atomic mass is 10.2. The Labute approximate surface area is 96.5 Å². The first kappa shape index (κ1) is 10.8. The van der Waals surface area contributed by atoms with E-state index in [1.165, 1.54) is 0 Å². The summed E-state index contributed by atoms with van der Waals surface area (Å²) >= 11 is 1.58. The Morgan fingerprint density at radius 3 is 3.00 bits per heavy atom. The minimum absolute atomic E-state index is 0.130. The fourth-order valence-corrected chi connectivity index (χ4v) is 2.07. The van der Waals surface area contributed by atoms with Crippen LogP contribution >= 0.6 is 11.3 Å². The largest absolute Gasteiger partial charge is 0.359 e. The average Bonchev–Trinajstić information content (AvgIpc) is 2.86. The number of nitrogens with zero attached hydrogens (tertiary/aromatic N) is 2. The predicted octanol–water partition coefficient (Wildman–Crippen LogP) is 1.40. The summed E-state index contributed by atoms with van der Waals surface area (Å²) < 4.78 is 5.10. The van der Waals surface area contributed by atoms with Crippen LogP contribution in [0, 0.1) is 6.92 Å². The molecule has 0 aliphatic heterocycles. The number of amides is 1. The summed E-state index contributed by atoms with van der Waals surface area (Å²) in [7, 11) is 1.58. The Bertz CT molecular complexity index is 504. The molecule has 0 unspecified atom stereocenters. The highest BCUT2D eigenvalue weighted by molar-refractivity contribution is 7.08. The van der Waals surface area contributed by atoms with E-state index in [0.717, 1.165) is 11.1 Å². The maximum atomic E-state index is 11.1. The minimum Gasteiger partial charge on any atom is -0.359 e. The second-order valence-corrected chi connectivity index (χ2v) is 4.08. The third kappa shape index (κ3) is 2.11. The summed E-state index contributed by atoms with van der Waals surface area (Å²) in [5.74, 6) is 0.743. The Morgan fingerprint density at radius 1 is 1.56 bits per heavy atom. The zero-order valence-electron chi connectivity index (χ0n) is 8.98. The number of carbonyl (C=O) groups is 1. The number of aromatic nitrogens is 2. The average molecular weight is 237 g/mol. The molecule has 0 spiro atoms. The molecule has 0 radical (unpaired) electrons. The van der Waals surface area contributed by atoms with Crippen LogP contribution in [0.5, 0.6) is 0 Å². The molecule has 0 saturated carbocycles. The molecular formula is C10H11N3O2S. The summed E-state index contributed by atoms with van der Waals surface area (Å²) in [6.07, 6.45) is 0.142. The maximum Gasteiger partial charge on any atom is 0.259 e. The molecule has 0 bridgehead atoms. The van der Waals surface area contributed by atoms with E-state index >= 15 is 0 Å². The number of nitrogens with one attached hydrogen (secondary N) is 1. The SMILES string of the molecule is CNC(=O)Cc1noc(-c2cscc2C)n1. The molecule has 5 nitrogen and oxygen atoms in total. The molecule has 2 aromatic heterocycles. The van der Waals surface area contributed by atoms with Gasteiger partial charge in [-0.05, 0) is 17.9 Å². The van der Waals surface area contributed by atoms with E-state index in [1.54, 1.807) is 18.4 Å². The van der Waals surface area contributed by atoms with Crippen LogP contribution in [0.3, 0.4) is 0 Å². The van der Waals surface area contributed by atoms with Crippen LogP contribution in [0.2, 0.25) is 0 Å². The van der Waals surface area contributed by atoms with Crippen molar-refractivity contribution < 1.29 is 9.32 Å². The molecule has 0 fully saturated rings. The van der Waals surface area contributed by atoms with Gasteiger partial charge in [-0.1, -0.05) is 5.16 Å². The summed E-state index contributed by atoms with van der Waals surface area (Å²) in [5, 5.41) is 10.2. The van der Waals surface area contributed by atoms with Crippen LogP contribution in [0.25, 0.3) is 11.5 Å². The second-order valence-electron chi connectivity index (χ2n) is 3.33. The lowest BCUT2D eigenvalue weighted by molar-refractivity contribution is -0.120. The normalized spacial score (nSPS) is 10.4. The van der Waals surface area contributed by atoms with Gasteiger partial charge in [-0.3, -0.25) is 4.79 Å². The molecule has 84 valence electrons. The van der Waals surface area contributed by atoms with Gasteiger partial charge in [-0.25, -0.2) is 0 Å². The Morgan fingerprint density at radius 2 is 2.38 bits per heavy atom. The van der Waals surface area contributed by atoms with Crippen LogP contribution < -0.4 is 5.32 Å². The van der Waals surface area contributed by atoms with Crippen LogP contribution in [0.15, 0.2) is 15.3 Å². The lowest BCUT2D eigenvalue weighted by Gasteiger charge is -1.92. The van der Waals surface area contributed by atoms with Gasteiger partial charge >= 0.3 is 0 Å². The Kier molecular flexibility index (Phi) is 3.00. The van der Waals surface area contributed by atoms with Gasteiger partial charge in [-0.2, -0.15) is 16.3 Å². The van der Waals surface area contributed by atoms with Gasteiger partial charge in [0.25, 0.3) is 5.89 Å². The topological polar surface area (TPSA) is 68.0 Å². The summed E-state index contributed by atoms with van der Waals surface area (Å²) in [6, 6.07) is 0. The smallest absolute Gasteiger partial charge is 0.259 e. The molecular weight excluding hydrogens is 226 g/mol. The van der Waals surface area contributed by atoms with Gasteiger partial charge < -0.3 is 9.84 Å². The molecule has 6 heteroatoms. The fourth-order valence-electron chi connectivity index (χ4n) is 1.25. The first-order valence-electron chi connectivity index (χ1n) is 4.77.